The Labute approximate surface area is 155 Å². The molecule has 0 fully saturated rings. The van der Waals surface area contributed by atoms with Gasteiger partial charge in [-0.3, -0.25) is 9.59 Å². The molecule has 136 valence electrons. The number of rotatable bonds is 5. The molecule has 4 nitrogen and oxygen atoms in total. The fourth-order valence-electron chi connectivity index (χ4n) is 3.45. The van der Waals surface area contributed by atoms with E-state index >= 15 is 0 Å². The molecule has 0 aliphatic carbocycles. The molecule has 2 amide bonds. The number of nitrogens with one attached hydrogen (secondary N) is 1. The van der Waals surface area contributed by atoms with E-state index in [-0.39, 0.29) is 17.9 Å². The Kier molecular flexibility index (Phi) is 5.40. The molecule has 0 aromatic heterocycles. The standard InChI is InChI=1S/C22H26N2O2/c1-4-19(16-8-6-15(3)7-9-16)23-22(26)18-10-11-20-17(14-18)12-13-24(20)21(25)5-2/h6-11,14,19H,4-5,12-13H2,1-3H3,(H,23,26)/t19-/m1/s1. The topological polar surface area (TPSA) is 49.4 Å². The molecule has 1 N–H and O–H groups in total. The van der Waals surface area contributed by atoms with Crippen LogP contribution in [0.1, 0.15) is 59.8 Å². The van der Waals surface area contributed by atoms with Crippen LogP contribution in [0.4, 0.5) is 5.69 Å². The van der Waals surface area contributed by atoms with Crippen molar-refractivity contribution in [3.05, 3.63) is 64.7 Å². The molecule has 4 heteroatoms. The third kappa shape index (κ3) is 3.64. The van der Waals surface area contributed by atoms with Crippen molar-refractivity contribution in [2.45, 2.75) is 46.1 Å². The first-order valence-corrected chi connectivity index (χ1v) is 9.34. The Morgan fingerprint density at radius 3 is 2.50 bits per heavy atom. The van der Waals surface area contributed by atoms with Crippen molar-refractivity contribution < 1.29 is 9.59 Å². The zero-order chi connectivity index (χ0) is 18.7. The number of carbonyl (C=O) groups excluding carboxylic acids is 2. The van der Waals surface area contributed by atoms with Crippen LogP contribution in [0, 0.1) is 6.92 Å². The summed E-state index contributed by atoms with van der Waals surface area (Å²) >= 11 is 0. The summed E-state index contributed by atoms with van der Waals surface area (Å²) in [6, 6.07) is 13.9. The molecule has 0 saturated carbocycles. The molecule has 0 saturated heterocycles. The van der Waals surface area contributed by atoms with E-state index in [9.17, 15) is 9.59 Å². The van der Waals surface area contributed by atoms with Crippen LogP contribution in [0.2, 0.25) is 0 Å². The number of hydrogen-bond donors (Lipinski definition) is 1. The van der Waals surface area contributed by atoms with E-state index in [1.807, 2.05) is 30.0 Å². The van der Waals surface area contributed by atoms with Crippen molar-refractivity contribution in [1.82, 2.24) is 5.32 Å². The predicted molar refractivity (Wildman–Crippen MR) is 104 cm³/mol. The predicted octanol–water partition coefficient (Wildman–Crippen LogP) is 4.18. The lowest BCUT2D eigenvalue weighted by Crippen LogP contribution is -2.28. The monoisotopic (exact) mass is 350 g/mol. The third-order valence-corrected chi connectivity index (χ3v) is 5.03. The summed E-state index contributed by atoms with van der Waals surface area (Å²) in [7, 11) is 0. The van der Waals surface area contributed by atoms with Crippen molar-refractivity contribution in [3.63, 3.8) is 0 Å². The Hall–Kier alpha value is -2.62. The Morgan fingerprint density at radius 2 is 1.85 bits per heavy atom. The minimum atomic E-state index is -0.0690. The fourth-order valence-corrected chi connectivity index (χ4v) is 3.45. The van der Waals surface area contributed by atoms with E-state index in [0.717, 1.165) is 29.7 Å². The molecule has 2 aromatic carbocycles. The van der Waals surface area contributed by atoms with Gasteiger partial charge in [-0.1, -0.05) is 43.7 Å². The van der Waals surface area contributed by atoms with Crippen molar-refractivity contribution >= 4 is 17.5 Å². The van der Waals surface area contributed by atoms with Crippen LogP contribution in [-0.4, -0.2) is 18.4 Å². The van der Waals surface area contributed by atoms with Gasteiger partial charge in [-0.15, -0.1) is 0 Å². The molecule has 0 unspecified atom stereocenters. The lowest BCUT2D eigenvalue weighted by atomic mass is 10.0. The first kappa shape index (κ1) is 18.2. The van der Waals surface area contributed by atoms with E-state index < -0.39 is 0 Å². The van der Waals surface area contributed by atoms with Gasteiger partial charge in [-0.05, 0) is 49.1 Å². The van der Waals surface area contributed by atoms with Gasteiger partial charge in [-0.25, -0.2) is 0 Å². The second kappa shape index (κ2) is 7.73. The summed E-state index contributed by atoms with van der Waals surface area (Å²) in [5, 5.41) is 3.14. The molecular weight excluding hydrogens is 324 g/mol. The van der Waals surface area contributed by atoms with Gasteiger partial charge in [0.25, 0.3) is 5.91 Å². The average molecular weight is 350 g/mol. The van der Waals surface area contributed by atoms with E-state index in [4.69, 9.17) is 0 Å². The second-order valence-electron chi connectivity index (χ2n) is 6.84. The van der Waals surface area contributed by atoms with Crippen LogP contribution in [0.15, 0.2) is 42.5 Å². The summed E-state index contributed by atoms with van der Waals surface area (Å²) in [6.45, 7) is 6.70. The molecular formula is C22H26N2O2. The molecule has 0 spiro atoms. The summed E-state index contributed by atoms with van der Waals surface area (Å²) in [5.41, 5.74) is 4.99. The molecule has 26 heavy (non-hydrogen) atoms. The molecule has 1 heterocycles. The molecule has 1 aliphatic heterocycles. The maximum Gasteiger partial charge on any atom is 0.251 e. The van der Waals surface area contributed by atoms with Crippen LogP contribution in [0.5, 0.6) is 0 Å². The molecule has 1 atom stereocenters. The van der Waals surface area contributed by atoms with Gasteiger partial charge in [0.1, 0.15) is 0 Å². The van der Waals surface area contributed by atoms with Crippen LogP contribution >= 0.6 is 0 Å². The van der Waals surface area contributed by atoms with Gasteiger partial charge >= 0.3 is 0 Å². The van der Waals surface area contributed by atoms with Gasteiger partial charge in [0, 0.05) is 24.2 Å². The summed E-state index contributed by atoms with van der Waals surface area (Å²) in [6.07, 6.45) is 2.13. The molecule has 2 aromatic rings. The Balaban J connectivity index is 1.76. The Morgan fingerprint density at radius 1 is 1.12 bits per heavy atom. The zero-order valence-corrected chi connectivity index (χ0v) is 15.7. The molecule has 3 rings (SSSR count). The lowest BCUT2D eigenvalue weighted by molar-refractivity contribution is -0.118. The number of carbonyl (C=O) groups is 2. The maximum absolute atomic E-state index is 12.7. The SMILES string of the molecule is CCC(=O)N1CCc2cc(C(=O)N[C@H](CC)c3ccc(C)cc3)ccc21. The first-order chi connectivity index (χ1) is 12.5. The Bertz CT molecular complexity index is 811. The van der Waals surface area contributed by atoms with Crippen LogP contribution < -0.4 is 10.2 Å². The minimum absolute atomic E-state index is 0.00507. The van der Waals surface area contributed by atoms with Crippen molar-refractivity contribution in [2.75, 3.05) is 11.4 Å². The minimum Gasteiger partial charge on any atom is -0.345 e. The van der Waals surface area contributed by atoms with E-state index in [1.54, 1.807) is 0 Å². The van der Waals surface area contributed by atoms with E-state index in [1.165, 1.54) is 5.56 Å². The normalized spacial score (nSPS) is 14.0. The van der Waals surface area contributed by atoms with Crippen molar-refractivity contribution in [1.29, 1.82) is 0 Å². The van der Waals surface area contributed by atoms with E-state index in [2.05, 4.69) is 43.4 Å². The molecule has 0 radical (unpaired) electrons. The highest BCUT2D eigenvalue weighted by atomic mass is 16.2. The van der Waals surface area contributed by atoms with Gasteiger partial charge in [-0.2, -0.15) is 0 Å². The number of benzene rings is 2. The van der Waals surface area contributed by atoms with Gasteiger partial charge in [0.15, 0.2) is 0 Å². The average Bonchev–Trinajstić information content (AvgIpc) is 3.09. The maximum atomic E-state index is 12.7. The smallest absolute Gasteiger partial charge is 0.251 e. The third-order valence-electron chi connectivity index (χ3n) is 5.03. The van der Waals surface area contributed by atoms with Gasteiger partial charge < -0.3 is 10.2 Å². The fraction of sp³-hybridized carbons (Fsp3) is 0.364. The van der Waals surface area contributed by atoms with Crippen molar-refractivity contribution in [3.8, 4) is 0 Å². The molecule has 0 bridgehead atoms. The summed E-state index contributed by atoms with van der Waals surface area (Å²) in [5.74, 6) is 0.0619. The first-order valence-electron chi connectivity index (χ1n) is 9.34. The highest BCUT2D eigenvalue weighted by Gasteiger charge is 2.24. The van der Waals surface area contributed by atoms with E-state index in [0.29, 0.717) is 18.5 Å². The summed E-state index contributed by atoms with van der Waals surface area (Å²) < 4.78 is 0. The van der Waals surface area contributed by atoms with Crippen LogP contribution in [0.3, 0.4) is 0 Å². The number of amides is 2. The van der Waals surface area contributed by atoms with Gasteiger partial charge in [0.05, 0.1) is 6.04 Å². The number of anilines is 1. The van der Waals surface area contributed by atoms with Crippen LogP contribution in [-0.2, 0) is 11.2 Å². The van der Waals surface area contributed by atoms with Gasteiger partial charge in [0.2, 0.25) is 5.91 Å². The van der Waals surface area contributed by atoms with Crippen molar-refractivity contribution in [2.24, 2.45) is 0 Å². The number of fused-ring (bicyclic) bond motifs is 1. The zero-order valence-electron chi connectivity index (χ0n) is 15.7. The number of hydrogen-bond acceptors (Lipinski definition) is 2. The molecule has 1 aliphatic rings. The number of nitrogens with zero attached hydrogens (tertiary/aromatic N) is 1. The quantitative estimate of drug-likeness (QED) is 0.879. The summed E-state index contributed by atoms with van der Waals surface area (Å²) in [4.78, 5) is 26.6. The number of aryl methyl sites for hydroxylation is 1. The van der Waals surface area contributed by atoms with Crippen LogP contribution in [0.25, 0.3) is 0 Å². The second-order valence-corrected chi connectivity index (χ2v) is 6.84. The lowest BCUT2D eigenvalue weighted by Gasteiger charge is -2.19. The highest BCUT2D eigenvalue weighted by Crippen LogP contribution is 2.29. The highest BCUT2D eigenvalue weighted by molar-refractivity contribution is 5.98. The largest absolute Gasteiger partial charge is 0.345 e.